The molecule has 0 spiro atoms. The molecule has 0 saturated carbocycles. The van der Waals surface area contributed by atoms with Crippen LogP contribution < -0.4 is 11.3 Å². The molecule has 1 saturated heterocycles. The van der Waals surface area contributed by atoms with Crippen LogP contribution in [0.1, 0.15) is 6.42 Å². The zero-order chi connectivity index (χ0) is 19.5. The summed E-state index contributed by atoms with van der Waals surface area (Å²) >= 11 is 0. The molecule has 7 N–H and O–H groups in total. The molecule has 1 aliphatic heterocycles. The Labute approximate surface area is 141 Å². The van der Waals surface area contributed by atoms with Gasteiger partial charge in [0.25, 0.3) is 0 Å². The van der Waals surface area contributed by atoms with Crippen molar-refractivity contribution in [2.45, 2.75) is 24.6 Å². The van der Waals surface area contributed by atoms with Gasteiger partial charge in [0.2, 0.25) is 0 Å². The molecule has 2 unspecified atom stereocenters. The minimum absolute atomic E-state index is 0.0160. The highest BCUT2D eigenvalue weighted by molar-refractivity contribution is 7.66. The van der Waals surface area contributed by atoms with Gasteiger partial charge in [-0.25, -0.2) is 24.3 Å². The van der Waals surface area contributed by atoms with Crippen molar-refractivity contribution < 1.29 is 60.7 Å². The Morgan fingerprint density at radius 3 is 2.32 bits per heavy atom. The number of rotatable bonds is 8. The molecule has 1 fully saturated rings. The molecule has 1 heterocycles. The molecule has 144 valence electrons. The fourth-order valence-electron chi connectivity index (χ4n) is 1.66. The number of phosphoric ester groups is 1. The molecule has 2 radical (unpaired) electrons. The van der Waals surface area contributed by atoms with Gasteiger partial charge in [0, 0.05) is 12.4 Å². The van der Waals surface area contributed by atoms with Crippen molar-refractivity contribution in [3.63, 3.8) is 0 Å². The van der Waals surface area contributed by atoms with Crippen LogP contribution in [0, 0.1) is 0 Å². The largest absolute Gasteiger partial charge is 0.490 e. The average molecular weight is 426 g/mol. The SMILES string of the molecule is [B][C@H]1C[C@@H](OC(=O)NN)[C@@H](COP(=O)(O)OP(=O)(O)OP(=O)(O)O)O1. The van der Waals surface area contributed by atoms with Gasteiger partial charge in [-0.1, -0.05) is 0 Å². The van der Waals surface area contributed by atoms with E-state index in [1.54, 1.807) is 5.43 Å². The molecule has 0 bridgehead atoms. The second-order valence-electron chi connectivity index (χ2n) is 4.42. The maximum Gasteiger partial charge on any atom is 0.490 e. The summed E-state index contributed by atoms with van der Waals surface area (Å²) < 4.78 is 54.4. The number of amides is 1. The first-order valence-corrected chi connectivity index (χ1v) is 10.6. The van der Waals surface area contributed by atoms with Crippen LogP contribution in [-0.2, 0) is 36.3 Å². The second-order valence-corrected chi connectivity index (χ2v) is 8.84. The summed E-state index contributed by atoms with van der Waals surface area (Å²) in [5.41, 5.74) is 1.66. The van der Waals surface area contributed by atoms with E-state index in [2.05, 4.69) is 13.1 Å². The molecular weight excluding hydrogens is 412 g/mol. The van der Waals surface area contributed by atoms with Crippen molar-refractivity contribution in [1.29, 1.82) is 0 Å². The van der Waals surface area contributed by atoms with E-state index >= 15 is 0 Å². The number of ether oxygens (including phenoxy) is 2. The van der Waals surface area contributed by atoms with Gasteiger partial charge in [-0.2, -0.15) is 8.62 Å². The van der Waals surface area contributed by atoms with Crippen molar-refractivity contribution in [2.24, 2.45) is 5.84 Å². The lowest BCUT2D eigenvalue weighted by molar-refractivity contribution is -0.0113. The highest BCUT2D eigenvalue weighted by Gasteiger charge is 2.43. The molecule has 0 aromatic rings. The predicted molar refractivity (Wildman–Crippen MR) is 76.4 cm³/mol. The van der Waals surface area contributed by atoms with Gasteiger partial charge in [0.05, 0.1) is 6.61 Å². The van der Waals surface area contributed by atoms with Crippen molar-refractivity contribution >= 4 is 37.4 Å². The average Bonchev–Trinajstić information content (AvgIpc) is 2.72. The summed E-state index contributed by atoms with van der Waals surface area (Å²) in [5.74, 6) is 4.82. The topological polar surface area (TPSA) is 233 Å². The van der Waals surface area contributed by atoms with Gasteiger partial charge in [-0.3, -0.25) is 9.95 Å². The maximum atomic E-state index is 11.6. The van der Waals surface area contributed by atoms with Gasteiger partial charge in [0.1, 0.15) is 20.1 Å². The van der Waals surface area contributed by atoms with Gasteiger partial charge in [-0.05, 0) is 0 Å². The molecule has 25 heavy (non-hydrogen) atoms. The number of hydrazine groups is 1. The third-order valence-corrected chi connectivity index (χ3v) is 6.23. The molecule has 1 rings (SSSR count). The molecule has 0 aromatic carbocycles. The van der Waals surface area contributed by atoms with Crippen LogP contribution in [0.2, 0.25) is 0 Å². The number of carbonyl (C=O) groups excluding carboxylic acids is 1. The smallest absolute Gasteiger partial charge is 0.442 e. The van der Waals surface area contributed by atoms with Crippen molar-refractivity contribution in [3.8, 4) is 0 Å². The number of phosphoric acid groups is 3. The number of hydrogen-bond acceptors (Lipinski definition) is 10. The summed E-state index contributed by atoms with van der Waals surface area (Å²) in [5, 5.41) is 0. The van der Waals surface area contributed by atoms with E-state index in [-0.39, 0.29) is 6.42 Å². The Morgan fingerprint density at radius 2 is 1.80 bits per heavy atom. The number of carbonyl (C=O) groups is 1. The molecule has 0 aromatic heterocycles. The normalized spacial score (nSPS) is 28.8. The standard InChI is InChI=1S/C6H14BN2O13P3/c7-5-1-3(20-6(10)9-8)4(19-5)2-18-24(14,15)22-25(16,17)21-23(11,12)13/h3-5H,1-2,8H2,(H,9,10)(H,14,15)(H,16,17)(H2,11,12,13)/t3-,4-,5-/m1/s1. The highest BCUT2D eigenvalue weighted by atomic mass is 31.3. The number of hydrogen-bond donors (Lipinski definition) is 6. The first kappa shape index (κ1) is 22.7. The van der Waals surface area contributed by atoms with Crippen LogP contribution in [-0.4, -0.2) is 58.3 Å². The Morgan fingerprint density at radius 1 is 1.20 bits per heavy atom. The van der Waals surface area contributed by atoms with E-state index in [1.165, 1.54) is 0 Å². The molecule has 19 heteroatoms. The van der Waals surface area contributed by atoms with Crippen LogP contribution >= 0.6 is 23.5 Å². The van der Waals surface area contributed by atoms with Gasteiger partial charge in [-0.15, -0.1) is 0 Å². The summed E-state index contributed by atoms with van der Waals surface area (Å²) in [6, 6.07) is -0.912. The zero-order valence-electron chi connectivity index (χ0n) is 12.1. The minimum Gasteiger partial charge on any atom is -0.442 e. The fourth-order valence-corrected chi connectivity index (χ4v) is 4.69. The summed E-state index contributed by atoms with van der Waals surface area (Å²) in [7, 11) is -11.0. The van der Waals surface area contributed by atoms with Crippen LogP contribution in [0.4, 0.5) is 4.79 Å². The summed E-state index contributed by atoms with van der Waals surface area (Å²) in [6.45, 7) is -0.806. The fraction of sp³-hybridized carbons (Fsp3) is 0.833. The summed E-state index contributed by atoms with van der Waals surface area (Å²) in [4.78, 5) is 46.1. The lowest BCUT2D eigenvalue weighted by atomic mass is 9.96. The molecule has 0 aliphatic carbocycles. The number of nitrogens with two attached hydrogens (primary N) is 1. The van der Waals surface area contributed by atoms with Gasteiger partial charge >= 0.3 is 29.6 Å². The zero-order valence-corrected chi connectivity index (χ0v) is 14.8. The van der Waals surface area contributed by atoms with Crippen molar-refractivity contribution in [2.75, 3.05) is 6.61 Å². The Bertz CT molecular complexity index is 625. The Hall–Kier alpha value is -0.335. The van der Waals surface area contributed by atoms with Crippen LogP contribution in [0.25, 0.3) is 0 Å². The maximum absolute atomic E-state index is 11.6. The first-order valence-electron chi connectivity index (χ1n) is 6.09. The van der Waals surface area contributed by atoms with Crippen LogP contribution in [0.15, 0.2) is 0 Å². The van der Waals surface area contributed by atoms with Crippen LogP contribution in [0.5, 0.6) is 0 Å². The summed E-state index contributed by atoms with van der Waals surface area (Å²) in [6.07, 6.45) is -3.27. The Kier molecular flexibility index (Phi) is 7.78. The van der Waals surface area contributed by atoms with E-state index in [4.69, 9.17) is 37.8 Å². The highest BCUT2D eigenvalue weighted by Crippen LogP contribution is 2.66. The third-order valence-electron chi connectivity index (χ3n) is 2.42. The predicted octanol–water partition coefficient (Wildman–Crippen LogP) is -1.42. The second kappa shape index (κ2) is 8.57. The first-order chi connectivity index (χ1) is 11.2. The number of nitrogens with one attached hydrogen (secondary N) is 1. The quantitative estimate of drug-likeness (QED) is 0.0860. The lowest BCUT2D eigenvalue weighted by Crippen LogP contribution is -2.38. The molecule has 15 nitrogen and oxygen atoms in total. The molecule has 1 amide bonds. The van der Waals surface area contributed by atoms with E-state index in [0.717, 1.165) is 0 Å². The van der Waals surface area contributed by atoms with Crippen molar-refractivity contribution in [3.05, 3.63) is 0 Å². The minimum atomic E-state index is -5.63. The molecular formula is C6H14BN2O13P3. The van der Waals surface area contributed by atoms with E-state index in [9.17, 15) is 23.4 Å². The third kappa shape index (κ3) is 8.73. The van der Waals surface area contributed by atoms with Crippen LogP contribution in [0.3, 0.4) is 0 Å². The van der Waals surface area contributed by atoms with Gasteiger partial charge < -0.3 is 29.0 Å². The van der Waals surface area contributed by atoms with Crippen molar-refractivity contribution in [1.82, 2.24) is 5.43 Å². The van der Waals surface area contributed by atoms with E-state index in [0.29, 0.717) is 0 Å². The van der Waals surface area contributed by atoms with E-state index < -0.39 is 54.4 Å². The monoisotopic (exact) mass is 426 g/mol. The van der Waals surface area contributed by atoms with Gasteiger partial charge in [0.15, 0.2) is 0 Å². The van der Waals surface area contributed by atoms with E-state index in [1.807, 2.05) is 0 Å². The lowest BCUT2D eigenvalue weighted by Gasteiger charge is -2.21. The molecule has 5 atom stereocenters. The molecule has 1 aliphatic rings. The Balaban J connectivity index is 2.64.